The smallest absolute Gasteiger partial charge is 0.146 e. The Morgan fingerprint density at radius 1 is 1.17 bits per heavy atom. The van der Waals surface area contributed by atoms with Gasteiger partial charge in [0.15, 0.2) is 0 Å². The summed E-state index contributed by atoms with van der Waals surface area (Å²) in [6.45, 7) is 4.01. The molecule has 2 rings (SSSR count). The van der Waals surface area contributed by atoms with Crippen molar-refractivity contribution in [1.82, 2.24) is 9.78 Å². The van der Waals surface area contributed by atoms with Crippen LogP contribution in [0.1, 0.15) is 25.5 Å². The first kappa shape index (κ1) is 13.5. The highest BCUT2D eigenvalue weighted by molar-refractivity contribution is 6.42. The van der Waals surface area contributed by atoms with E-state index in [4.69, 9.17) is 40.5 Å². The fourth-order valence-electron chi connectivity index (χ4n) is 1.61. The Bertz CT molecular complexity index is 590. The molecule has 0 bridgehead atoms. The maximum atomic E-state index is 6.16. The van der Waals surface area contributed by atoms with Gasteiger partial charge in [-0.25, -0.2) is 4.68 Å². The van der Waals surface area contributed by atoms with E-state index < -0.39 is 0 Å². The van der Waals surface area contributed by atoms with E-state index >= 15 is 0 Å². The van der Waals surface area contributed by atoms with Crippen LogP contribution in [0.25, 0.3) is 5.69 Å². The summed E-state index contributed by atoms with van der Waals surface area (Å²) in [5.74, 6) is 0.600. The van der Waals surface area contributed by atoms with Gasteiger partial charge >= 0.3 is 0 Å². The van der Waals surface area contributed by atoms with Crippen molar-refractivity contribution in [1.29, 1.82) is 0 Å². The molecule has 0 aliphatic heterocycles. The molecule has 0 amide bonds. The minimum atomic E-state index is 0.198. The average molecular weight is 305 g/mol. The number of nitrogens with two attached hydrogens (primary N) is 1. The van der Waals surface area contributed by atoms with Crippen LogP contribution in [-0.4, -0.2) is 9.78 Å². The van der Waals surface area contributed by atoms with Gasteiger partial charge in [0.1, 0.15) is 10.8 Å². The summed E-state index contributed by atoms with van der Waals surface area (Å²) in [6, 6.07) is 5.19. The Balaban J connectivity index is 2.57. The van der Waals surface area contributed by atoms with Gasteiger partial charge in [0.25, 0.3) is 0 Å². The Kier molecular flexibility index (Phi) is 3.76. The molecule has 1 heterocycles. The molecule has 96 valence electrons. The number of aromatic nitrogens is 2. The van der Waals surface area contributed by atoms with Gasteiger partial charge in [0, 0.05) is 0 Å². The Morgan fingerprint density at radius 3 is 2.33 bits per heavy atom. The van der Waals surface area contributed by atoms with Crippen molar-refractivity contribution >= 4 is 40.6 Å². The van der Waals surface area contributed by atoms with E-state index in [0.717, 1.165) is 11.4 Å². The summed E-state index contributed by atoms with van der Waals surface area (Å²) >= 11 is 18.0. The average Bonchev–Trinajstić information content (AvgIpc) is 2.60. The summed E-state index contributed by atoms with van der Waals surface area (Å²) in [5, 5.41) is 5.83. The number of hydrogen-bond donors (Lipinski definition) is 1. The third kappa shape index (κ3) is 2.30. The minimum absolute atomic E-state index is 0.198. The lowest BCUT2D eigenvalue weighted by atomic mass is 10.1. The normalized spacial score (nSPS) is 11.2. The van der Waals surface area contributed by atoms with Gasteiger partial charge in [0.05, 0.1) is 21.4 Å². The minimum Gasteiger partial charge on any atom is -0.382 e. The fraction of sp³-hybridized carbons (Fsp3) is 0.250. The standard InChI is InChI=1S/C12H12Cl3N3/c1-6(2)11-10(15)12(16)18(17-11)7-3-4-8(13)9(14)5-7/h3-6H,16H2,1-2H3. The largest absolute Gasteiger partial charge is 0.382 e. The van der Waals surface area contributed by atoms with Crippen molar-refractivity contribution in [2.75, 3.05) is 5.73 Å². The number of anilines is 1. The Labute approximate surface area is 120 Å². The molecule has 0 aliphatic rings. The van der Waals surface area contributed by atoms with E-state index in [2.05, 4.69) is 5.10 Å². The lowest BCUT2D eigenvalue weighted by molar-refractivity contribution is 0.771. The number of rotatable bonds is 2. The van der Waals surface area contributed by atoms with Gasteiger partial charge in [-0.3, -0.25) is 0 Å². The molecule has 3 nitrogen and oxygen atoms in total. The van der Waals surface area contributed by atoms with Crippen molar-refractivity contribution < 1.29 is 0 Å². The van der Waals surface area contributed by atoms with Crippen LogP contribution in [0.2, 0.25) is 15.1 Å². The van der Waals surface area contributed by atoms with Crippen molar-refractivity contribution in [2.24, 2.45) is 0 Å². The van der Waals surface area contributed by atoms with Gasteiger partial charge < -0.3 is 5.73 Å². The van der Waals surface area contributed by atoms with Gasteiger partial charge in [-0.15, -0.1) is 0 Å². The summed E-state index contributed by atoms with van der Waals surface area (Å²) in [7, 11) is 0. The first-order chi connectivity index (χ1) is 8.41. The quantitative estimate of drug-likeness (QED) is 0.885. The van der Waals surface area contributed by atoms with Crippen molar-refractivity contribution in [3.63, 3.8) is 0 Å². The van der Waals surface area contributed by atoms with Crippen LogP contribution in [-0.2, 0) is 0 Å². The number of benzene rings is 1. The van der Waals surface area contributed by atoms with E-state index in [1.807, 2.05) is 13.8 Å². The summed E-state index contributed by atoms with van der Waals surface area (Å²) in [6.07, 6.45) is 0. The van der Waals surface area contributed by atoms with Crippen molar-refractivity contribution in [3.8, 4) is 5.69 Å². The second-order valence-corrected chi connectivity index (χ2v) is 5.44. The molecule has 2 N–H and O–H groups in total. The van der Waals surface area contributed by atoms with Gasteiger partial charge in [-0.1, -0.05) is 48.7 Å². The lowest BCUT2D eigenvalue weighted by Gasteiger charge is -2.05. The molecule has 18 heavy (non-hydrogen) atoms. The van der Waals surface area contributed by atoms with Crippen LogP contribution in [0.15, 0.2) is 18.2 Å². The molecule has 1 aromatic carbocycles. The summed E-state index contributed by atoms with van der Waals surface area (Å²) in [4.78, 5) is 0. The number of halogens is 3. The zero-order chi connectivity index (χ0) is 13.4. The van der Waals surface area contributed by atoms with Crippen LogP contribution in [0.4, 0.5) is 5.82 Å². The predicted octanol–water partition coefficient (Wildman–Crippen LogP) is 4.54. The number of hydrogen-bond acceptors (Lipinski definition) is 2. The van der Waals surface area contributed by atoms with E-state index in [9.17, 15) is 0 Å². The molecule has 0 unspecified atom stereocenters. The van der Waals surface area contributed by atoms with Gasteiger partial charge in [-0.2, -0.15) is 5.10 Å². The molecule has 0 saturated carbocycles. The van der Waals surface area contributed by atoms with Crippen LogP contribution >= 0.6 is 34.8 Å². The molecule has 0 atom stereocenters. The highest BCUT2D eigenvalue weighted by Gasteiger charge is 2.17. The Hall–Kier alpha value is -0.900. The predicted molar refractivity (Wildman–Crippen MR) is 77.1 cm³/mol. The lowest BCUT2D eigenvalue weighted by Crippen LogP contribution is -2.02. The maximum Gasteiger partial charge on any atom is 0.146 e. The third-order valence-electron chi connectivity index (χ3n) is 2.58. The van der Waals surface area contributed by atoms with E-state index in [1.54, 1.807) is 22.9 Å². The number of nitrogen functional groups attached to an aromatic ring is 1. The van der Waals surface area contributed by atoms with Crippen molar-refractivity contribution in [2.45, 2.75) is 19.8 Å². The van der Waals surface area contributed by atoms with Crippen molar-refractivity contribution in [3.05, 3.63) is 39.0 Å². The van der Waals surface area contributed by atoms with E-state index in [-0.39, 0.29) is 5.92 Å². The van der Waals surface area contributed by atoms with Crippen LogP contribution in [0.3, 0.4) is 0 Å². The number of nitrogens with zero attached hydrogens (tertiary/aromatic N) is 2. The second-order valence-electron chi connectivity index (χ2n) is 4.25. The Morgan fingerprint density at radius 2 is 1.83 bits per heavy atom. The molecule has 1 aromatic heterocycles. The van der Waals surface area contributed by atoms with Gasteiger partial charge in [0.2, 0.25) is 0 Å². The molecule has 0 radical (unpaired) electrons. The van der Waals surface area contributed by atoms with Crippen LogP contribution in [0, 0.1) is 0 Å². The van der Waals surface area contributed by atoms with Crippen LogP contribution < -0.4 is 5.73 Å². The zero-order valence-electron chi connectivity index (χ0n) is 9.92. The third-order valence-corrected chi connectivity index (χ3v) is 3.71. The van der Waals surface area contributed by atoms with E-state index in [0.29, 0.717) is 20.9 Å². The first-order valence-corrected chi connectivity index (χ1v) is 6.54. The SMILES string of the molecule is CC(C)c1nn(-c2ccc(Cl)c(Cl)c2)c(N)c1Cl. The molecule has 0 spiro atoms. The fourth-order valence-corrected chi connectivity index (χ4v) is 2.24. The van der Waals surface area contributed by atoms with E-state index in [1.165, 1.54) is 0 Å². The maximum absolute atomic E-state index is 6.16. The highest BCUT2D eigenvalue weighted by atomic mass is 35.5. The summed E-state index contributed by atoms with van der Waals surface area (Å²) < 4.78 is 1.57. The summed E-state index contributed by atoms with van der Waals surface area (Å²) in [5.41, 5.74) is 7.45. The van der Waals surface area contributed by atoms with Crippen LogP contribution in [0.5, 0.6) is 0 Å². The molecular weight excluding hydrogens is 293 g/mol. The molecule has 0 saturated heterocycles. The first-order valence-electron chi connectivity index (χ1n) is 5.41. The molecule has 6 heteroatoms. The van der Waals surface area contributed by atoms with Gasteiger partial charge in [-0.05, 0) is 24.1 Å². The highest BCUT2D eigenvalue weighted by Crippen LogP contribution is 2.32. The molecule has 2 aromatic rings. The monoisotopic (exact) mass is 303 g/mol. The second kappa shape index (κ2) is 5.00. The molecule has 0 fully saturated rings. The molecular formula is C12H12Cl3N3. The topological polar surface area (TPSA) is 43.8 Å². The zero-order valence-corrected chi connectivity index (χ0v) is 12.2. The molecule has 0 aliphatic carbocycles.